The lowest BCUT2D eigenvalue weighted by atomic mass is 10.1. The number of hydrogen-bond acceptors (Lipinski definition) is 3. The largest absolute Gasteiger partial charge is 0.481 e. The van der Waals surface area contributed by atoms with E-state index in [1.54, 1.807) is 0 Å². The van der Waals surface area contributed by atoms with Gasteiger partial charge in [-0.15, -0.1) is 0 Å². The summed E-state index contributed by atoms with van der Waals surface area (Å²) in [5.74, 6) is -0.921. The zero-order valence-electron chi connectivity index (χ0n) is 11.7. The van der Waals surface area contributed by atoms with Crippen LogP contribution in [0.2, 0.25) is 0 Å². The number of hydrogen-bond donors (Lipinski definition) is 3. The Bertz CT molecular complexity index is 255. The minimum Gasteiger partial charge on any atom is -0.481 e. The molecule has 0 saturated carbocycles. The van der Waals surface area contributed by atoms with Gasteiger partial charge in [0, 0.05) is 18.5 Å². The molecule has 1 amide bonds. The maximum Gasteiger partial charge on any atom is 0.305 e. The Morgan fingerprint density at radius 2 is 1.94 bits per heavy atom. The summed E-state index contributed by atoms with van der Waals surface area (Å²) in [5.41, 5.74) is 0. The Hall–Kier alpha value is -1.10. The van der Waals surface area contributed by atoms with Gasteiger partial charge in [-0.25, -0.2) is 0 Å². The number of carboxylic acid groups (broad SMARTS) is 1. The predicted octanol–water partition coefficient (Wildman–Crippen LogP) is 1.52. The molecule has 106 valence electrons. The first-order valence-corrected chi connectivity index (χ1v) is 6.70. The molecule has 0 aromatic rings. The summed E-state index contributed by atoms with van der Waals surface area (Å²) >= 11 is 0. The van der Waals surface area contributed by atoms with Crippen molar-refractivity contribution in [3.63, 3.8) is 0 Å². The van der Waals surface area contributed by atoms with Gasteiger partial charge in [-0.1, -0.05) is 27.2 Å². The van der Waals surface area contributed by atoms with Gasteiger partial charge in [-0.05, 0) is 19.4 Å². The maximum absolute atomic E-state index is 11.6. The fraction of sp³-hybridized carbons (Fsp3) is 0.846. The molecule has 5 heteroatoms. The number of carbonyl (C=O) groups is 2. The second-order valence-electron chi connectivity index (χ2n) is 4.86. The first-order chi connectivity index (χ1) is 8.45. The van der Waals surface area contributed by atoms with Crippen LogP contribution in [-0.2, 0) is 9.59 Å². The summed E-state index contributed by atoms with van der Waals surface area (Å²) in [7, 11) is 0. The Kier molecular flexibility index (Phi) is 9.28. The summed E-state index contributed by atoms with van der Waals surface area (Å²) in [6, 6.07) is 0.186. The summed E-state index contributed by atoms with van der Waals surface area (Å²) < 4.78 is 0. The van der Waals surface area contributed by atoms with Gasteiger partial charge in [0.05, 0.1) is 6.42 Å². The van der Waals surface area contributed by atoms with Gasteiger partial charge in [-0.3, -0.25) is 9.59 Å². The Morgan fingerprint density at radius 3 is 2.44 bits per heavy atom. The number of carboxylic acids is 1. The summed E-state index contributed by atoms with van der Waals surface area (Å²) in [4.78, 5) is 22.3. The molecule has 0 fully saturated rings. The van der Waals surface area contributed by atoms with Crippen LogP contribution in [0.4, 0.5) is 0 Å². The quantitative estimate of drug-likeness (QED) is 0.519. The highest BCUT2D eigenvalue weighted by atomic mass is 16.4. The van der Waals surface area contributed by atoms with E-state index in [-0.39, 0.29) is 18.4 Å². The molecule has 0 rings (SSSR count). The second-order valence-corrected chi connectivity index (χ2v) is 4.86. The minimum absolute atomic E-state index is 0.00379. The number of amides is 1. The van der Waals surface area contributed by atoms with Crippen molar-refractivity contribution in [2.24, 2.45) is 0 Å². The van der Waals surface area contributed by atoms with Crippen LogP contribution in [0.1, 0.15) is 52.9 Å². The van der Waals surface area contributed by atoms with Crippen LogP contribution in [0.5, 0.6) is 0 Å². The van der Waals surface area contributed by atoms with E-state index in [2.05, 4.69) is 24.5 Å². The van der Waals surface area contributed by atoms with Crippen molar-refractivity contribution in [3.05, 3.63) is 0 Å². The Morgan fingerprint density at radius 1 is 1.28 bits per heavy atom. The SMILES string of the molecule is CCCC(CC(=O)O)NC(=O)CCCNC(C)C. The van der Waals surface area contributed by atoms with Crippen molar-refractivity contribution in [3.8, 4) is 0 Å². The molecule has 3 N–H and O–H groups in total. The average molecular weight is 258 g/mol. The van der Waals surface area contributed by atoms with E-state index in [4.69, 9.17) is 5.11 Å². The van der Waals surface area contributed by atoms with E-state index in [0.29, 0.717) is 18.9 Å². The van der Waals surface area contributed by atoms with Crippen LogP contribution in [-0.4, -0.2) is 35.6 Å². The van der Waals surface area contributed by atoms with E-state index < -0.39 is 5.97 Å². The molecule has 0 bridgehead atoms. The van der Waals surface area contributed by atoms with Crippen molar-refractivity contribution in [1.29, 1.82) is 0 Å². The lowest BCUT2D eigenvalue weighted by Gasteiger charge is -2.16. The third kappa shape index (κ3) is 10.1. The monoisotopic (exact) mass is 258 g/mol. The minimum atomic E-state index is -0.866. The van der Waals surface area contributed by atoms with Gasteiger partial charge in [-0.2, -0.15) is 0 Å². The second kappa shape index (κ2) is 9.88. The zero-order valence-corrected chi connectivity index (χ0v) is 11.7. The highest BCUT2D eigenvalue weighted by Gasteiger charge is 2.14. The highest BCUT2D eigenvalue weighted by Crippen LogP contribution is 2.03. The van der Waals surface area contributed by atoms with Gasteiger partial charge >= 0.3 is 5.97 Å². The van der Waals surface area contributed by atoms with Crippen LogP contribution in [0.25, 0.3) is 0 Å². The third-order valence-electron chi connectivity index (χ3n) is 2.56. The van der Waals surface area contributed by atoms with E-state index in [9.17, 15) is 9.59 Å². The summed E-state index contributed by atoms with van der Waals surface area (Å²) in [5, 5.41) is 14.8. The third-order valence-corrected chi connectivity index (χ3v) is 2.56. The summed E-state index contributed by atoms with van der Waals surface area (Å²) in [6.07, 6.45) is 2.80. The van der Waals surface area contributed by atoms with Gasteiger partial charge in [0.1, 0.15) is 0 Å². The van der Waals surface area contributed by atoms with Crippen molar-refractivity contribution < 1.29 is 14.7 Å². The molecular weight excluding hydrogens is 232 g/mol. The molecule has 0 aromatic heterocycles. The van der Waals surface area contributed by atoms with E-state index >= 15 is 0 Å². The smallest absolute Gasteiger partial charge is 0.305 e. The molecule has 0 aromatic carbocycles. The molecule has 0 radical (unpaired) electrons. The lowest BCUT2D eigenvalue weighted by molar-refractivity contribution is -0.137. The maximum atomic E-state index is 11.6. The zero-order chi connectivity index (χ0) is 14.0. The van der Waals surface area contributed by atoms with Gasteiger partial charge in [0.2, 0.25) is 5.91 Å². The van der Waals surface area contributed by atoms with Crippen LogP contribution < -0.4 is 10.6 Å². The van der Waals surface area contributed by atoms with Crippen molar-refractivity contribution in [2.45, 2.75) is 65.0 Å². The first-order valence-electron chi connectivity index (χ1n) is 6.70. The fourth-order valence-corrected chi connectivity index (χ4v) is 1.72. The first kappa shape index (κ1) is 16.9. The molecule has 1 unspecified atom stereocenters. The van der Waals surface area contributed by atoms with E-state index in [1.807, 2.05) is 6.92 Å². The average Bonchev–Trinajstić information content (AvgIpc) is 2.23. The molecule has 1 atom stereocenters. The highest BCUT2D eigenvalue weighted by molar-refractivity contribution is 5.77. The van der Waals surface area contributed by atoms with Crippen LogP contribution >= 0.6 is 0 Å². The number of carbonyl (C=O) groups excluding carboxylic acids is 1. The molecule has 0 aliphatic heterocycles. The van der Waals surface area contributed by atoms with Crippen LogP contribution in [0.15, 0.2) is 0 Å². The molecule has 0 aliphatic carbocycles. The Balaban J connectivity index is 3.83. The standard InChI is InChI=1S/C13H26N2O3/c1-4-6-11(9-13(17)18)15-12(16)7-5-8-14-10(2)3/h10-11,14H,4-9H2,1-3H3,(H,15,16)(H,17,18). The predicted molar refractivity (Wildman–Crippen MR) is 71.5 cm³/mol. The van der Waals surface area contributed by atoms with Crippen molar-refractivity contribution >= 4 is 11.9 Å². The molecule has 0 heterocycles. The van der Waals surface area contributed by atoms with Gasteiger partial charge in [0.15, 0.2) is 0 Å². The lowest BCUT2D eigenvalue weighted by Crippen LogP contribution is -2.36. The molecule has 18 heavy (non-hydrogen) atoms. The molecule has 5 nitrogen and oxygen atoms in total. The molecule has 0 aliphatic rings. The number of rotatable bonds is 10. The van der Waals surface area contributed by atoms with Crippen molar-refractivity contribution in [2.75, 3.05) is 6.54 Å². The molecule has 0 spiro atoms. The molecular formula is C13H26N2O3. The topological polar surface area (TPSA) is 78.4 Å². The number of nitrogens with one attached hydrogen (secondary N) is 2. The van der Waals surface area contributed by atoms with E-state index in [1.165, 1.54) is 0 Å². The Labute approximate surface area is 109 Å². The van der Waals surface area contributed by atoms with Crippen LogP contribution in [0.3, 0.4) is 0 Å². The normalized spacial score (nSPS) is 12.4. The van der Waals surface area contributed by atoms with Gasteiger partial charge in [0.25, 0.3) is 0 Å². The van der Waals surface area contributed by atoms with Crippen LogP contribution in [0, 0.1) is 0 Å². The fourth-order valence-electron chi connectivity index (χ4n) is 1.72. The molecule has 0 saturated heterocycles. The van der Waals surface area contributed by atoms with E-state index in [0.717, 1.165) is 19.4 Å². The van der Waals surface area contributed by atoms with Crippen molar-refractivity contribution in [1.82, 2.24) is 10.6 Å². The van der Waals surface area contributed by atoms with Gasteiger partial charge < -0.3 is 15.7 Å². The number of aliphatic carboxylic acids is 1. The summed E-state index contributed by atoms with van der Waals surface area (Å²) in [6.45, 7) is 6.91.